The second-order valence-corrected chi connectivity index (χ2v) is 8.38. The minimum Gasteiger partial charge on any atom is -0.478 e. The summed E-state index contributed by atoms with van der Waals surface area (Å²) in [6.07, 6.45) is 0.921. The molecular weight excluding hydrogens is 438 g/mol. The average Bonchev–Trinajstić information content (AvgIpc) is 3.05. The van der Waals surface area contributed by atoms with Gasteiger partial charge < -0.3 is 10.4 Å². The molecule has 0 aliphatic carbocycles. The smallest absolute Gasteiger partial charge is 0.339 e. The van der Waals surface area contributed by atoms with Crippen molar-refractivity contribution in [2.75, 3.05) is 5.32 Å². The van der Waals surface area contributed by atoms with E-state index < -0.39 is 5.97 Å². The van der Waals surface area contributed by atoms with Crippen molar-refractivity contribution in [1.29, 1.82) is 0 Å². The number of benzene rings is 2. The van der Waals surface area contributed by atoms with Crippen molar-refractivity contribution in [3.8, 4) is 10.4 Å². The van der Waals surface area contributed by atoms with Gasteiger partial charge in [-0.1, -0.05) is 46.3 Å². The Morgan fingerprint density at radius 3 is 2.32 bits per heavy atom. The van der Waals surface area contributed by atoms with E-state index in [1.54, 1.807) is 5.38 Å². The number of carbonyl (C=O) groups excluding carboxylic acids is 1. The Labute approximate surface area is 176 Å². The highest BCUT2D eigenvalue weighted by Gasteiger charge is 2.21. The number of aryl methyl sites for hydroxylation is 2. The van der Waals surface area contributed by atoms with E-state index in [9.17, 15) is 14.7 Å². The van der Waals surface area contributed by atoms with Crippen molar-refractivity contribution < 1.29 is 14.7 Å². The number of amides is 1. The van der Waals surface area contributed by atoms with Crippen molar-refractivity contribution >= 4 is 44.8 Å². The van der Waals surface area contributed by atoms with Crippen molar-refractivity contribution in [3.63, 3.8) is 0 Å². The average molecular weight is 458 g/mol. The van der Waals surface area contributed by atoms with Gasteiger partial charge in [0, 0.05) is 16.3 Å². The minimum atomic E-state index is -1.05. The van der Waals surface area contributed by atoms with E-state index in [1.165, 1.54) is 11.3 Å². The number of carboxylic acids is 1. The Bertz CT molecular complexity index is 1000. The molecule has 0 unspecified atom stereocenters. The van der Waals surface area contributed by atoms with E-state index in [-0.39, 0.29) is 11.5 Å². The monoisotopic (exact) mass is 457 g/mol. The van der Waals surface area contributed by atoms with Crippen LogP contribution >= 0.6 is 27.3 Å². The molecule has 0 atom stereocenters. The van der Waals surface area contributed by atoms with Gasteiger partial charge in [-0.3, -0.25) is 4.79 Å². The van der Waals surface area contributed by atoms with Crippen molar-refractivity contribution in [2.45, 2.75) is 26.7 Å². The molecule has 0 radical (unpaired) electrons. The third-order valence-corrected chi connectivity index (χ3v) is 6.19. The zero-order valence-corrected chi connectivity index (χ0v) is 18.0. The van der Waals surface area contributed by atoms with Crippen LogP contribution in [0.2, 0.25) is 0 Å². The molecular formula is C22H20BrNO3S. The second-order valence-electron chi connectivity index (χ2n) is 6.58. The molecule has 1 amide bonds. The number of carboxylic acid groups (broad SMARTS) is 1. The first kappa shape index (κ1) is 20.3. The van der Waals surface area contributed by atoms with E-state index in [1.807, 2.05) is 56.3 Å². The Balaban J connectivity index is 1.77. The quantitative estimate of drug-likeness (QED) is 0.472. The number of anilines is 1. The molecule has 0 saturated carbocycles. The lowest BCUT2D eigenvalue weighted by molar-refractivity contribution is -0.116. The maximum Gasteiger partial charge on any atom is 0.339 e. The van der Waals surface area contributed by atoms with Crippen LogP contribution in [-0.2, 0) is 11.2 Å². The van der Waals surface area contributed by atoms with Crippen LogP contribution in [0.3, 0.4) is 0 Å². The number of carbonyl (C=O) groups is 2. The van der Waals surface area contributed by atoms with E-state index >= 15 is 0 Å². The van der Waals surface area contributed by atoms with E-state index in [2.05, 4.69) is 21.2 Å². The molecule has 2 aromatic carbocycles. The third kappa shape index (κ3) is 4.51. The SMILES string of the molecule is Cc1cccc(C)c1CCC(=O)Nc1csc(-c2ccc(Br)cc2)c1C(=O)O. The van der Waals surface area contributed by atoms with Gasteiger partial charge in [0.05, 0.1) is 10.6 Å². The molecule has 0 fully saturated rings. The number of hydrogen-bond acceptors (Lipinski definition) is 3. The van der Waals surface area contributed by atoms with Gasteiger partial charge in [-0.25, -0.2) is 4.79 Å². The van der Waals surface area contributed by atoms with Gasteiger partial charge in [-0.05, 0) is 54.7 Å². The summed E-state index contributed by atoms with van der Waals surface area (Å²) in [5.41, 5.74) is 4.77. The van der Waals surface area contributed by atoms with Gasteiger partial charge >= 0.3 is 5.97 Å². The molecule has 28 heavy (non-hydrogen) atoms. The number of halogens is 1. The first-order valence-electron chi connectivity index (χ1n) is 8.82. The van der Waals surface area contributed by atoms with E-state index in [4.69, 9.17) is 0 Å². The molecule has 0 spiro atoms. The zero-order chi connectivity index (χ0) is 20.3. The van der Waals surface area contributed by atoms with Gasteiger partial charge in [-0.2, -0.15) is 0 Å². The standard InChI is InChI=1S/C22H20BrNO3S/c1-13-4-3-5-14(2)17(13)10-11-19(25)24-18-12-28-21(20(18)22(26)27)15-6-8-16(23)9-7-15/h3-9,12H,10-11H2,1-2H3,(H,24,25)(H,26,27). The molecule has 3 aromatic rings. The van der Waals surface area contributed by atoms with Gasteiger partial charge in [0.25, 0.3) is 0 Å². The predicted octanol–water partition coefficient (Wildman–Crippen LogP) is 6.06. The first-order chi connectivity index (χ1) is 13.4. The summed E-state index contributed by atoms with van der Waals surface area (Å²) < 4.78 is 0.921. The highest BCUT2D eigenvalue weighted by Crippen LogP contribution is 2.36. The summed E-state index contributed by atoms with van der Waals surface area (Å²) in [6.45, 7) is 4.07. The molecule has 2 N–H and O–H groups in total. The number of hydrogen-bond donors (Lipinski definition) is 2. The lowest BCUT2D eigenvalue weighted by Crippen LogP contribution is -2.15. The van der Waals surface area contributed by atoms with Crippen molar-refractivity contribution in [2.24, 2.45) is 0 Å². The van der Waals surface area contributed by atoms with Crippen LogP contribution in [0.5, 0.6) is 0 Å². The zero-order valence-electron chi connectivity index (χ0n) is 15.6. The lowest BCUT2D eigenvalue weighted by atomic mass is 9.98. The Hall–Kier alpha value is -2.44. The maximum absolute atomic E-state index is 12.5. The van der Waals surface area contributed by atoms with Gasteiger partial charge in [0.15, 0.2) is 0 Å². The second kappa shape index (κ2) is 8.71. The summed E-state index contributed by atoms with van der Waals surface area (Å²) >= 11 is 4.69. The Kier molecular flexibility index (Phi) is 6.31. The highest BCUT2D eigenvalue weighted by atomic mass is 79.9. The molecule has 144 valence electrons. The summed E-state index contributed by atoms with van der Waals surface area (Å²) in [4.78, 5) is 24.9. The third-order valence-electron chi connectivity index (χ3n) is 4.63. The molecule has 4 nitrogen and oxygen atoms in total. The van der Waals surface area contributed by atoms with Crippen molar-refractivity contribution in [3.05, 3.63) is 74.6 Å². The molecule has 6 heteroatoms. The Morgan fingerprint density at radius 1 is 1.07 bits per heavy atom. The largest absolute Gasteiger partial charge is 0.478 e. The first-order valence-corrected chi connectivity index (χ1v) is 10.5. The van der Waals surface area contributed by atoms with Crippen LogP contribution in [-0.4, -0.2) is 17.0 Å². The number of aromatic carboxylic acids is 1. The van der Waals surface area contributed by atoms with Crippen LogP contribution in [0.15, 0.2) is 52.3 Å². The lowest BCUT2D eigenvalue weighted by Gasteiger charge is -2.10. The fourth-order valence-electron chi connectivity index (χ4n) is 3.17. The van der Waals surface area contributed by atoms with E-state index in [0.717, 1.165) is 26.7 Å². The van der Waals surface area contributed by atoms with Crippen LogP contribution in [0.1, 0.15) is 33.5 Å². The number of nitrogens with one attached hydrogen (secondary N) is 1. The summed E-state index contributed by atoms with van der Waals surface area (Å²) in [5.74, 6) is -1.24. The molecule has 0 bridgehead atoms. The molecule has 0 saturated heterocycles. The normalized spacial score (nSPS) is 10.7. The predicted molar refractivity (Wildman–Crippen MR) is 117 cm³/mol. The topological polar surface area (TPSA) is 66.4 Å². The number of rotatable bonds is 6. The fourth-order valence-corrected chi connectivity index (χ4v) is 4.43. The van der Waals surface area contributed by atoms with Crippen LogP contribution in [0.25, 0.3) is 10.4 Å². The molecule has 0 aliphatic heterocycles. The molecule has 1 heterocycles. The van der Waals surface area contributed by atoms with Crippen LogP contribution < -0.4 is 5.32 Å². The summed E-state index contributed by atoms with van der Waals surface area (Å²) in [6, 6.07) is 13.5. The maximum atomic E-state index is 12.5. The van der Waals surface area contributed by atoms with Crippen LogP contribution in [0, 0.1) is 13.8 Å². The van der Waals surface area contributed by atoms with Gasteiger partial charge in [-0.15, -0.1) is 11.3 Å². The van der Waals surface area contributed by atoms with Gasteiger partial charge in [0.2, 0.25) is 5.91 Å². The molecule has 1 aromatic heterocycles. The highest BCUT2D eigenvalue weighted by molar-refractivity contribution is 9.10. The van der Waals surface area contributed by atoms with Crippen molar-refractivity contribution in [1.82, 2.24) is 0 Å². The number of thiophene rings is 1. The molecule has 3 rings (SSSR count). The minimum absolute atomic E-state index is 0.132. The Morgan fingerprint density at radius 2 is 1.71 bits per heavy atom. The molecule has 0 aliphatic rings. The fraction of sp³-hybridized carbons (Fsp3) is 0.182. The van der Waals surface area contributed by atoms with Crippen LogP contribution in [0.4, 0.5) is 5.69 Å². The van der Waals surface area contributed by atoms with E-state index in [0.29, 0.717) is 23.4 Å². The summed E-state index contributed by atoms with van der Waals surface area (Å²) in [7, 11) is 0. The summed E-state index contributed by atoms with van der Waals surface area (Å²) in [5, 5.41) is 14.2. The van der Waals surface area contributed by atoms with Gasteiger partial charge in [0.1, 0.15) is 5.56 Å².